The number of aryl methyl sites for hydroxylation is 1. The van der Waals surface area contributed by atoms with Gasteiger partial charge in [-0.25, -0.2) is 4.98 Å². The normalized spacial score (nSPS) is 12.7. The highest BCUT2D eigenvalue weighted by molar-refractivity contribution is 6.34. The molecule has 3 aromatic rings. The van der Waals surface area contributed by atoms with Crippen LogP contribution in [0.1, 0.15) is 24.7 Å². The highest BCUT2D eigenvalue weighted by atomic mass is 35.5. The Balaban J connectivity index is 1.61. The first-order valence-electron chi connectivity index (χ1n) is 7.49. The maximum Gasteiger partial charge on any atom is 0.107 e. The fraction of sp³-hybridized carbons (Fsp3) is 0.278. The minimum atomic E-state index is 0.540. The largest absolute Gasteiger partial charge is 0.342 e. The number of rotatable bonds is 5. The van der Waals surface area contributed by atoms with Gasteiger partial charge < -0.3 is 4.98 Å². The van der Waals surface area contributed by atoms with Crippen molar-refractivity contribution >= 4 is 34.2 Å². The molecule has 22 heavy (non-hydrogen) atoms. The second-order valence-electron chi connectivity index (χ2n) is 5.83. The summed E-state index contributed by atoms with van der Waals surface area (Å²) in [5, 5.41) is 1.40. The van der Waals surface area contributed by atoms with Crippen molar-refractivity contribution < 1.29 is 0 Å². The summed E-state index contributed by atoms with van der Waals surface area (Å²) in [7, 11) is 0. The molecule has 0 radical (unpaired) electrons. The quantitative estimate of drug-likeness (QED) is 0.639. The van der Waals surface area contributed by atoms with E-state index in [0.717, 1.165) is 36.1 Å². The molecule has 114 valence electrons. The number of fused-ring (bicyclic) bond motifs is 1. The third kappa shape index (κ3) is 3.82. The van der Waals surface area contributed by atoms with Crippen LogP contribution in [0.15, 0.2) is 42.5 Å². The number of hydrogen-bond donors (Lipinski definition) is 1. The summed E-state index contributed by atoms with van der Waals surface area (Å²) >= 11 is 12.1. The molecule has 2 aromatic carbocycles. The van der Waals surface area contributed by atoms with Gasteiger partial charge in [0.15, 0.2) is 0 Å². The highest BCUT2D eigenvalue weighted by Gasteiger charge is 2.09. The van der Waals surface area contributed by atoms with E-state index in [-0.39, 0.29) is 0 Å². The molecule has 0 aliphatic carbocycles. The molecule has 3 rings (SSSR count). The third-order valence-corrected chi connectivity index (χ3v) is 4.26. The lowest BCUT2D eigenvalue weighted by Gasteiger charge is -2.10. The molecule has 1 atom stereocenters. The van der Waals surface area contributed by atoms with Gasteiger partial charge in [-0.2, -0.15) is 0 Å². The lowest BCUT2D eigenvalue weighted by molar-refractivity contribution is 0.519. The maximum atomic E-state index is 6.04. The first kappa shape index (κ1) is 15.4. The van der Waals surface area contributed by atoms with Crippen molar-refractivity contribution in [2.45, 2.75) is 26.2 Å². The minimum absolute atomic E-state index is 0.540. The summed E-state index contributed by atoms with van der Waals surface area (Å²) in [5.41, 5.74) is 3.33. The first-order valence-corrected chi connectivity index (χ1v) is 8.24. The zero-order chi connectivity index (χ0) is 15.5. The van der Waals surface area contributed by atoms with Crippen molar-refractivity contribution in [2.24, 2.45) is 5.92 Å². The Labute approximate surface area is 140 Å². The number of aromatic nitrogens is 2. The second-order valence-corrected chi connectivity index (χ2v) is 6.70. The number of H-pyrrole nitrogens is 1. The van der Waals surface area contributed by atoms with Gasteiger partial charge in [-0.05, 0) is 54.7 Å². The van der Waals surface area contributed by atoms with E-state index in [9.17, 15) is 0 Å². The highest BCUT2D eigenvalue weighted by Crippen LogP contribution is 2.22. The molecule has 1 N–H and O–H groups in total. The molecule has 2 nitrogen and oxygen atoms in total. The Bertz CT molecular complexity index is 726. The Morgan fingerprint density at radius 3 is 2.55 bits per heavy atom. The molecule has 1 heterocycles. The summed E-state index contributed by atoms with van der Waals surface area (Å²) in [6.07, 6.45) is 3.00. The molecular formula is C18H18Cl2N2. The van der Waals surface area contributed by atoms with Crippen LogP contribution >= 0.6 is 23.2 Å². The van der Waals surface area contributed by atoms with E-state index in [1.807, 2.05) is 30.3 Å². The Morgan fingerprint density at radius 1 is 1.09 bits per heavy atom. The number of aromatic amines is 1. The predicted octanol–water partition coefficient (Wildman–Crippen LogP) is 5.68. The molecule has 4 heteroatoms. The zero-order valence-electron chi connectivity index (χ0n) is 12.4. The topological polar surface area (TPSA) is 28.7 Å². The van der Waals surface area contributed by atoms with Gasteiger partial charge in [0.05, 0.1) is 11.0 Å². The summed E-state index contributed by atoms with van der Waals surface area (Å²) in [6, 6.07) is 13.9. The SMILES string of the molecule is CC(CCc1cc(Cl)cc(Cl)c1)Cc1nc2ccccc2[nH]1. The van der Waals surface area contributed by atoms with Crippen LogP contribution in [0.4, 0.5) is 0 Å². The molecule has 0 fully saturated rings. The molecule has 1 unspecified atom stereocenters. The van der Waals surface area contributed by atoms with Gasteiger partial charge in [0, 0.05) is 16.5 Å². The lowest BCUT2D eigenvalue weighted by atomic mass is 9.98. The Hall–Kier alpha value is -1.51. The number of imidazole rings is 1. The van der Waals surface area contributed by atoms with Crippen LogP contribution in [0.5, 0.6) is 0 Å². The van der Waals surface area contributed by atoms with Crippen LogP contribution in [0, 0.1) is 5.92 Å². The van der Waals surface area contributed by atoms with Crippen LogP contribution in [0.3, 0.4) is 0 Å². The summed E-state index contributed by atoms with van der Waals surface area (Å²) in [4.78, 5) is 8.03. The van der Waals surface area contributed by atoms with E-state index >= 15 is 0 Å². The van der Waals surface area contributed by atoms with Gasteiger partial charge in [0.2, 0.25) is 0 Å². The summed E-state index contributed by atoms with van der Waals surface area (Å²) in [5.74, 6) is 1.59. The van der Waals surface area contributed by atoms with Gasteiger partial charge in [-0.15, -0.1) is 0 Å². The average molecular weight is 333 g/mol. The molecule has 1 aromatic heterocycles. The molecule has 0 bridgehead atoms. The van der Waals surface area contributed by atoms with Crippen LogP contribution in [-0.2, 0) is 12.8 Å². The van der Waals surface area contributed by atoms with Gasteiger partial charge >= 0.3 is 0 Å². The van der Waals surface area contributed by atoms with Gasteiger partial charge in [0.25, 0.3) is 0 Å². The van der Waals surface area contributed by atoms with E-state index in [1.165, 1.54) is 5.56 Å². The van der Waals surface area contributed by atoms with Crippen molar-refractivity contribution in [1.82, 2.24) is 9.97 Å². The molecule has 0 aliphatic rings. The number of nitrogens with zero attached hydrogens (tertiary/aromatic N) is 1. The zero-order valence-corrected chi connectivity index (χ0v) is 14.0. The number of halogens is 2. The fourth-order valence-corrected chi connectivity index (χ4v) is 3.27. The monoisotopic (exact) mass is 332 g/mol. The Kier molecular flexibility index (Phi) is 4.70. The minimum Gasteiger partial charge on any atom is -0.342 e. The molecular weight excluding hydrogens is 315 g/mol. The van der Waals surface area contributed by atoms with Crippen LogP contribution in [0.25, 0.3) is 11.0 Å². The number of para-hydroxylation sites is 2. The summed E-state index contributed by atoms with van der Waals surface area (Å²) < 4.78 is 0. The van der Waals surface area contributed by atoms with E-state index in [1.54, 1.807) is 6.07 Å². The second kappa shape index (κ2) is 6.72. The maximum absolute atomic E-state index is 6.04. The van der Waals surface area contributed by atoms with Gasteiger partial charge in [0.1, 0.15) is 5.82 Å². The summed E-state index contributed by atoms with van der Waals surface area (Å²) in [6.45, 7) is 2.25. The molecule has 0 saturated heterocycles. The first-order chi connectivity index (χ1) is 10.6. The van der Waals surface area contributed by atoms with E-state index < -0.39 is 0 Å². The van der Waals surface area contributed by atoms with Crippen molar-refractivity contribution in [3.63, 3.8) is 0 Å². The molecule has 0 saturated carbocycles. The van der Waals surface area contributed by atoms with Crippen LogP contribution in [-0.4, -0.2) is 9.97 Å². The molecule has 0 aliphatic heterocycles. The Morgan fingerprint density at radius 2 is 1.82 bits per heavy atom. The van der Waals surface area contributed by atoms with Crippen molar-refractivity contribution in [3.8, 4) is 0 Å². The van der Waals surface area contributed by atoms with E-state index in [4.69, 9.17) is 23.2 Å². The van der Waals surface area contributed by atoms with Crippen LogP contribution in [0.2, 0.25) is 10.0 Å². The fourth-order valence-electron chi connectivity index (χ4n) is 2.70. The van der Waals surface area contributed by atoms with E-state index in [0.29, 0.717) is 16.0 Å². The number of nitrogens with one attached hydrogen (secondary N) is 1. The van der Waals surface area contributed by atoms with Crippen molar-refractivity contribution in [3.05, 3.63) is 63.9 Å². The van der Waals surface area contributed by atoms with Gasteiger partial charge in [-0.1, -0.05) is 42.3 Å². The van der Waals surface area contributed by atoms with Crippen LogP contribution < -0.4 is 0 Å². The smallest absolute Gasteiger partial charge is 0.107 e. The predicted molar refractivity (Wildman–Crippen MR) is 93.7 cm³/mol. The number of benzene rings is 2. The number of hydrogen-bond acceptors (Lipinski definition) is 1. The molecule has 0 spiro atoms. The molecule has 0 amide bonds. The standard InChI is InChI=1S/C18H18Cl2N2/c1-12(6-7-13-9-14(19)11-15(20)10-13)8-18-21-16-4-2-3-5-17(16)22-18/h2-5,9-12H,6-8H2,1H3,(H,21,22). The van der Waals surface area contributed by atoms with Crippen molar-refractivity contribution in [2.75, 3.05) is 0 Å². The van der Waals surface area contributed by atoms with Gasteiger partial charge in [-0.3, -0.25) is 0 Å². The average Bonchev–Trinajstić information content (AvgIpc) is 2.86. The lowest BCUT2D eigenvalue weighted by Crippen LogP contribution is -2.03. The van der Waals surface area contributed by atoms with E-state index in [2.05, 4.69) is 23.0 Å². The van der Waals surface area contributed by atoms with Crippen molar-refractivity contribution in [1.29, 1.82) is 0 Å². The third-order valence-electron chi connectivity index (χ3n) is 3.83.